The Hall–Kier alpha value is -5.82. The molecule has 0 saturated carbocycles. The molecule has 0 atom stereocenters. The number of aromatic nitrogens is 4. The number of nitrogens with one attached hydrogen (secondary N) is 4. The van der Waals surface area contributed by atoms with Crippen LogP contribution in [0.5, 0.6) is 0 Å². The van der Waals surface area contributed by atoms with E-state index in [9.17, 15) is 0 Å². The molecule has 1 saturated heterocycles. The van der Waals surface area contributed by atoms with Crippen molar-refractivity contribution in [3.8, 4) is 0 Å². The van der Waals surface area contributed by atoms with Gasteiger partial charge in [-0.2, -0.15) is 0 Å². The minimum absolute atomic E-state index is 0.0336. The second-order valence-electron chi connectivity index (χ2n) is 20.2. The summed E-state index contributed by atoms with van der Waals surface area (Å²) in [6.45, 7) is 25.8. The first-order valence-electron chi connectivity index (χ1n) is 21.7. The van der Waals surface area contributed by atoms with Crippen LogP contribution in [0.25, 0.3) is 22.3 Å². The fraction of sp³-hybridized carbons (Fsp3) is 0.309. The molecule has 0 spiro atoms. The zero-order valence-electron chi connectivity index (χ0n) is 37.7. The molecular formula is C55H60N4O2. The van der Waals surface area contributed by atoms with Crippen LogP contribution in [0, 0.1) is 26.2 Å². The van der Waals surface area contributed by atoms with E-state index < -0.39 is 6.29 Å². The summed E-state index contributed by atoms with van der Waals surface area (Å²) in [7, 11) is 0. The normalized spacial score (nSPS) is 16.1. The molecule has 1 fully saturated rings. The molecule has 6 nitrogen and oxygen atoms in total. The number of aromatic amines is 4. The number of ether oxygens (including phenoxy) is 2. The van der Waals surface area contributed by atoms with E-state index in [1.54, 1.807) is 0 Å². The van der Waals surface area contributed by atoms with Crippen LogP contribution in [0.1, 0.15) is 123 Å². The Bertz CT molecular complexity index is 3010. The first kappa shape index (κ1) is 40.6. The van der Waals surface area contributed by atoms with Gasteiger partial charge in [0.2, 0.25) is 0 Å². The molecule has 6 heteroatoms. The summed E-state index contributed by atoms with van der Waals surface area (Å²) < 4.78 is 13.2. The number of fused-ring (bicyclic) bond motifs is 8. The van der Waals surface area contributed by atoms with Crippen LogP contribution in [-0.2, 0) is 20.3 Å². The van der Waals surface area contributed by atoms with E-state index >= 15 is 0 Å². The van der Waals surface area contributed by atoms with E-state index in [4.69, 9.17) is 9.47 Å². The molecule has 312 valence electrons. The van der Waals surface area contributed by atoms with Crippen molar-refractivity contribution in [2.24, 2.45) is 5.41 Å². The number of hydrogen-bond acceptors (Lipinski definition) is 2. The van der Waals surface area contributed by atoms with E-state index in [2.05, 4.69) is 205 Å². The highest BCUT2D eigenvalue weighted by Gasteiger charge is 2.32. The van der Waals surface area contributed by atoms with Crippen LogP contribution in [-0.4, -0.2) is 39.4 Å². The van der Waals surface area contributed by atoms with Gasteiger partial charge < -0.3 is 29.4 Å². The first-order chi connectivity index (χ1) is 28.9. The zero-order chi connectivity index (χ0) is 43.0. The largest absolute Gasteiger partial charge is 0.355 e. The predicted octanol–water partition coefficient (Wildman–Crippen LogP) is 9.17. The molecule has 8 bridgehead atoms. The molecule has 9 rings (SSSR count). The summed E-state index contributed by atoms with van der Waals surface area (Å²) in [5, 5.41) is 4.00. The number of benzene rings is 3. The lowest BCUT2D eigenvalue weighted by atomic mass is 9.86. The van der Waals surface area contributed by atoms with Gasteiger partial charge in [0.05, 0.1) is 18.8 Å². The Morgan fingerprint density at radius 2 is 0.869 bits per heavy atom. The van der Waals surface area contributed by atoms with Crippen molar-refractivity contribution >= 4 is 22.3 Å². The molecule has 2 aliphatic heterocycles. The highest BCUT2D eigenvalue weighted by atomic mass is 16.7. The number of hydrogen-bond donors (Lipinski definition) is 4. The average molecular weight is 809 g/mol. The number of H-pyrrole nitrogens is 4. The molecule has 3 aromatic carbocycles. The maximum atomic E-state index is 6.58. The summed E-state index contributed by atoms with van der Waals surface area (Å²) in [6.07, 6.45) is -0.568. The smallest absolute Gasteiger partial charge is 0.187 e. The molecule has 6 heterocycles. The lowest BCUT2D eigenvalue weighted by Gasteiger charge is -2.35. The third-order valence-electron chi connectivity index (χ3n) is 12.4. The molecule has 0 unspecified atom stereocenters. The van der Waals surface area contributed by atoms with Gasteiger partial charge in [-0.25, -0.2) is 0 Å². The van der Waals surface area contributed by atoms with Gasteiger partial charge in [0.1, 0.15) is 0 Å². The van der Waals surface area contributed by atoms with Gasteiger partial charge in [-0.1, -0.05) is 122 Å². The molecule has 4 N–H and O–H groups in total. The van der Waals surface area contributed by atoms with Crippen molar-refractivity contribution < 1.29 is 9.47 Å². The monoisotopic (exact) mass is 808 g/mol. The van der Waals surface area contributed by atoms with Gasteiger partial charge in [-0.3, -0.25) is 0 Å². The van der Waals surface area contributed by atoms with Gasteiger partial charge in [0.15, 0.2) is 6.29 Å². The van der Waals surface area contributed by atoms with E-state index in [-0.39, 0.29) is 16.2 Å². The predicted molar refractivity (Wildman–Crippen MR) is 249 cm³/mol. The maximum Gasteiger partial charge on any atom is 0.187 e. The summed E-state index contributed by atoms with van der Waals surface area (Å²) in [6, 6.07) is 40.4. The van der Waals surface area contributed by atoms with Gasteiger partial charge in [0.25, 0.3) is 0 Å². The quantitative estimate of drug-likeness (QED) is 0.143. The maximum absolute atomic E-state index is 6.58. The van der Waals surface area contributed by atoms with E-state index in [0.29, 0.717) is 13.2 Å². The van der Waals surface area contributed by atoms with E-state index in [1.807, 2.05) is 0 Å². The second-order valence-corrected chi connectivity index (χ2v) is 20.2. The molecule has 0 amide bonds. The van der Waals surface area contributed by atoms with Gasteiger partial charge >= 0.3 is 0 Å². The van der Waals surface area contributed by atoms with Crippen LogP contribution >= 0.6 is 0 Å². The van der Waals surface area contributed by atoms with E-state index in [1.165, 1.54) is 33.4 Å². The molecule has 2 aliphatic rings. The SMILES string of the molecule is Cc1cc(C)c(C2=c3ccc([nH]3)=C(c3ccc(C(C)(C)C)cc3)c3ccc([nH]3)C(C3OCC(C)(C)CO3)=c3ccc([nH]3)=C(c3ccc(C(C)(C)C)cc3)c3ccc2[nH]3)c(C)c1. The minimum atomic E-state index is -0.568. The molecule has 4 aromatic heterocycles. The topological polar surface area (TPSA) is 81.6 Å². The number of rotatable bonds is 4. The highest BCUT2D eigenvalue weighted by molar-refractivity contribution is 5.85. The Morgan fingerprint density at radius 3 is 1.34 bits per heavy atom. The molecular weight excluding hydrogens is 749 g/mol. The fourth-order valence-electron chi connectivity index (χ4n) is 9.20. The molecule has 61 heavy (non-hydrogen) atoms. The molecule has 7 aromatic rings. The first-order valence-corrected chi connectivity index (χ1v) is 21.7. The van der Waals surface area contributed by atoms with Crippen molar-refractivity contribution in [3.05, 3.63) is 198 Å². The Morgan fingerprint density at radius 1 is 0.475 bits per heavy atom. The highest BCUT2D eigenvalue weighted by Crippen LogP contribution is 2.33. The van der Waals surface area contributed by atoms with Crippen molar-refractivity contribution in [3.63, 3.8) is 0 Å². The van der Waals surface area contributed by atoms with Crippen LogP contribution in [0.15, 0.2) is 109 Å². The molecule has 0 aliphatic carbocycles. The van der Waals surface area contributed by atoms with Crippen LogP contribution < -0.4 is 21.4 Å². The number of aryl methyl sites for hydroxylation is 3. The third-order valence-corrected chi connectivity index (χ3v) is 12.4. The Labute approximate surface area is 360 Å². The van der Waals surface area contributed by atoms with Crippen molar-refractivity contribution in [2.75, 3.05) is 13.2 Å². The standard InChI is InChI=1S/C55H60N4O2/c1-32-28-33(2)47(34(3)29-32)50-43-24-20-39(56-43)48(35-12-16-37(17-13-35)53(4,5)6)41-22-26-45(58-41)51(52-60-30-55(10,11)31-61-52)46-27-23-42(59-46)49(40-21-25-44(50)57-40)36-14-18-38(19-15-36)54(7,8)9/h12-29,52,56-59H,30-31H2,1-11H3. The van der Waals surface area contributed by atoms with E-state index in [0.717, 1.165) is 77.6 Å². The molecule has 0 radical (unpaired) electrons. The van der Waals surface area contributed by atoms with Crippen LogP contribution in [0.4, 0.5) is 0 Å². The Balaban J connectivity index is 1.39. The van der Waals surface area contributed by atoms with Crippen molar-refractivity contribution in [2.45, 2.75) is 93.3 Å². The summed E-state index contributed by atoms with van der Waals surface area (Å²) in [5.41, 5.74) is 18.0. The van der Waals surface area contributed by atoms with Crippen LogP contribution in [0.3, 0.4) is 0 Å². The van der Waals surface area contributed by atoms with Crippen molar-refractivity contribution in [1.82, 2.24) is 19.9 Å². The zero-order valence-corrected chi connectivity index (χ0v) is 37.7. The lowest BCUT2D eigenvalue weighted by molar-refractivity contribution is -0.192. The minimum Gasteiger partial charge on any atom is -0.355 e. The van der Waals surface area contributed by atoms with Gasteiger partial charge in [0, 0.05) is 66.3 Å². The Kier molecular flexibility index (Phi) is 9.96. The average Bonchev–Trinajstić information content (AvgIpc) is 4.04. The summed E-state index contributed by atoms with van der Waals surface area (Å²) in [4.78, 5) is 15.7. The summed E-state index contributed by atoms with van der Waals surface area (Å²) in [5.74, 6) is 0. The summed E-state index contributed by atoms with van der Waals surface area (Å²) >= 11 is 0. The third kappa shape index (κ3) is 7.73. The van der Waals surface area contributed by atoms with Crippen molar-refractivity contribution in [1.29, 1.82) is 0 Å². The lowest BCUT2D eigenvalue weighted by Crippen LogP contribution is -2.40. The van der Waals surface area contributed by atoms with Crippen LogP contribution in [0.2, 0.25) is 0 Å². The fourth-order valence-corrected chi connectivity index (χ4v) is 9.20. The van der Waals surface area contributed by atoms with Gasteiger partial charge in [-0.15, -0.1) is 0 Å². The van der Waals surface area contributed by atoms with Gasteiger partial charge in [-0.05, 0) is 119 Å². The second kappa shape index (κ2) is 15.0.